The van der Waals surface area contributed by atoms with Crippen LogP contribution in [0.15, 0.2) is 18.2 Å². The minimum absolute atomic E-state index is 0.0947. The molecule has 1 aliphatic carbocycles. The highest BCUT2D eigenvalue weighted by atomic mass is 35.5. The summed E-state index contributed by atoms with van der Waals surface area (Å²) in [5.41, 5.74) is 0.475. The molecule has 0 atom stereocenters. The molecule has 1 saturated carbocycles. The fraction of sp³-hybridized carbons (Fsp3) is 0.562. The SMILES string of the molecule is CC1(C)OB(c2cc(Cl)cc(C(=O)NC3CC3)c2)OC1(C)C. The first-order chi connectivity index (χ1) is 10.2. The normalized spacial score (nSPS) is 22.7. The molecule has 0 aromatic heterocycles. The molecule has 0 spiro atoms. The first-order valence-corrected chi connectivity index (χ1v) is 8.03. The van der Waals surface area contributed by atoms with Gasteiger partial charge in [-0.3, -0.25) is 4.79 Å². The van der Waals surface area contributed by atoms with Gasteiger partial charge in [0.25, 0.3) is 5.91 Å². The summed E-state index contributed by atoms with van der Waals surface area (Å²) in [4.78, 5) is 12.2. The maximum absolute atomic E-state index is 12.2. The Morgan fingerprint density at radius 3 is 2.32 bits per heavy atom. The zero-order chi connectivity index (χ0) is 16.1. The number of amides is 1. The Morgan fingerprint density at radius 2 is 1.77 bits per heavy atom. The highest BCUT2D eigenvalue weighted by molar-refractivity contribution is 6.62. The maximum atomic E-state index is 12.2. The van der Waals surface area contributed by atoms with E-state index >= 15 is 0 Å². The molecule has 1 saturated heterocycles. The van der Waals surface area contributed by atoms with Gasteiger partial charge in [0, 0.05) is 16.6 Å². The molecule has 4 nitrogen and oxygen atoms in total. The van der Waals surface area contributed by atoms with Crippen LogP contribution >= 0.6 is 11.6 Å². The van der Waals surface area contributed by atoms with Crippen LogP contribution in [0, 0.1) is 0 Å². The molecule has 1 aromatic carbocycles. The zero-order valence-corrected chi connectivity index (χ0v) is 14.2. The molecule has 2 aliphatic rings. The van der Waals surface area contributed by atoms with Crippen molar-refractivity contribution < 1.29 is 14.1 Å². The summed E-state index contributed by atoms with van der Waals surface area (Å²) in [6.45, 7) is 7.99. The van der Waals surface area contributed by atoms with Gasteiger partial charge < -0.3 is 14.6 Å². The van der Waals surface area contributed by atoms with E-state index in [0.717, 1.165) is 18.3 Å². The summed E-state index contributed by atoms with van der Waals surface area (Å²) in [5, 5.41) is 3.48. The Kier molecular flexibility index (Phi) is 3.79. The smallest absolute Gasteiger partial charge is 0.399 e. The zero-order valence-electron chi connectivity index (χ0n) is 13.4. The van der Waals surface area contributed by atoms with Crippen molar-refractivity contribution >= 4 is 30.1 Å². The average molecular weight is 322 g/mol. The molecule has 0 unspecified atom stereocenters. The number of hydrogen-bond acceptors (Lipinski definition) is 3. The summed E-state index contributed by atoms with van der Waals surface area (Å²) in [7, 11) is -0.517. The van der Waals surface area contributed by atoms with E-state index < -0.39 is 18.3 Å². The van der Waals surface area contributed by atoms with Crippen molar-refractivity contribution in [3.05, 3.63) is 28.8 Å². The van der Waals surface area contributed by atoms with E-state index in [1.165, 1.54) is 0 Å². The van der Waals surface area contributed by atoms with Gasteiger partial charge >= 0.3 is 7.12 Å². The summed E-state index contributed by atoms with van der Waals surface area (Å²) in [6.07, 6.45) is 2.10. The van der Waals surface area contributed by atoms with Gasteiger partial charge in [-0.1, -0.05) is 11.6 Å². The number of rotatable bonds is 3. The number of carbonyl (C=O) groups is 1. The Hall–Kier alpha value is -1.04. The fourth-order valence-electron chi connectivity index (χ4n) is 2.36. The van der Waals surface area contributed by atoms with Crippen LogP contribution in [0.1, 0.15) is 50.9 Å². The van der Waals surface area contributed by atoms with Gasteiger partial charge in [-0.2, -0.15) is 0 Å². The van der Waals surface area contributed by atoms with E-state index in [1.54, 1.807) is 18.2 Å². The van der Waals surface area contributed by atoms with Crippen molar-refractivity contribution in [1.82, 2.24) is 5.32 Å². The molecule has 3 rings (SSSR count). The standard InChI is InChI=1S/C16H21BClNO3/c1-15(2)16(3,4)22-17(21-15)11-7-10(8-12(18)9-11)14(20)19-13-5-6-13/h7-9,13H,5-6H2,1-4H3,(H,19,20). The number of halogens is 1. The monoisotopic (exact) mass is 321 g/mol. The van der Waals surface area contributed by atoms with E-state index in [1.807, 2.05) is 27.7 Å². The van der Waals surface area contributed by atoms with Gasteiger partial charge in [0.1, 0.15) is 0 Å². The molecule has 1 heterocycles. The molecular formula is C16H21BClNO3. The molecule has 1 amide bonds. The lowest BCUT2D eigenvalue weighted by Crippen LogP contribution is -2.41. The van der Waals surface area contributed by atoms with Gasteiger partial charge in [-0.05, 0) is 64.2 Å². The van der Waals surface area contributed by atoms with E-state index in [0.29, 0.717) is 16.6 Å². The van der Waals surface area contributed by atoms with Crippen molar-refractivity contribution in [2.75, 3.05) is 0 Å². The average Bonchev–Trinajstić information content (AvgIpc) is 3.16. The predicted molar refractivity (Wildman–Crippen MR) is 87.7 cm³/mol. The maximum Gasteiger partial charge on any atom is 0.494 e. The van der Waals surface area contributed by atoms with Crippen LogP contribution in [0.3, 0.4) is 0 Å². The lowest BCUT2D eigenvalue weighted by molar-refractivity contribution is 0.00578. The molecule has 1 N–H and O–H groups in total. The minimum atomic E-state index is -0.517. The summed E-state index contributed by atoms with van der Waals surface area (Å²) < 4.78 is 12.0. The van der Waals surface area contributed by atoms with Crippen LogP contribution in [-0.2, 0) is 9.31 Å². The van der Waals surface area contributed by atoms with Crippen LogP contribution < -0.4 is 10.8 Å². The largest absolute Gasteiger partial charge is 0.494 e. The Bertz CT molecular complexity index is 597. The number of carbonyl (C=O) groups excluding carboxylic acids is 1. The second-order valence-corrected chi connectivity index (χ2v) is 7.55. The number of hydrogen-bond donors (Lipinski definition) is 1. The van der Waals surface area contributed by atoms with Gasteiger partial charge in [0.05, 0.1) is 11.2 Å². The molecule has 1 aliphatic heterocycles. The first kappa shape index (κ1) is 15.8. The van der Waals surface area contributed by atoms with Crippen molar-refractivity contribution in [2.24, 2.45) is 0 Å². The highest BCUT2D eigenvalue weighted by Crippen LogP contribution is 2.36. The topological polar surface area (TPSA) is 47.6 Å². The number of nitrogens with one attached hydrogen (secondary N) is 1. The molecule has 1 aromatic rings. The summed E-state index contributed by atoms with van der Waals surface area (Å²) >= 11 is 6.18. The second kappa shape index (κ2) is 5.26. The lowest BCUT2D eigenvalue weighted by atomic mass is 9.78. The molecule has 22 heavy (non-hydrogen) atoms. The first-order valence-electron chi connectivity index (χ1n) is 7.65. The Balaban J connectivity index is 1.85. The molecule has 118 valence electrons. The minimum Gasteiger partial charge on any atom is -0.399 e. The van der Waals surface area contributed by atoms with Gasteiger partial charge in [0.2, 0.25) is 0 Å². The Labute approximate surface area is 136 Å². The fourth-order valence-corrected chi connectivity index (χ4v) is 2.60. The van der Waals surface area contributed by atoms with Crippen LogP contribution in [0.5, 0.6) is 0 Å². The van der Waals surface area contributed by atoms with E-state index in [4.69, 9.17) is 20.9 Å². The van der Waals surface area contributed by atoms with Gasteiger partial charge in [-0.15, -0.1) is 0 Å². The van der Waals surface area contributed by atoms with Crippen LogP contribution in [0.25, 0.3) is 0 Å². The van der Waals surface area contributed by atoms with Crippen LogP contribution in [0.4, 0.5) is 0 Å². The highest BCUT2D eigenvalue weighted by Gasteiger charge is 2.51. The third-order valence-electron chi connectivity index (χ3n) is 4.62. The van der Waals surface area contributed by atoms with Crippen molar-refractivity contribution in [1.29, 1.82) is 0 Å². The lowest BCUT2D eigenvalue weighted by Gasteiger charge is -2.32. The molecule has 0 bridgehead atoms. The molecule has 0 radical (unpaired) electrons. The van der Waals surface area contributed by atoms with Crippen molar-refractivity contribution in [3.8, 4) is 0 Å². The van der Waals surface area contributed by atoms with E-state index in [-0.39, 0.29) is 5.91 Å². The second-order valence-electron chi connectivity index (χ2n) is 7.11. The van der Waals surface area contributed by atoms with E-state index in [9.17, 15) is 4.79 Å². The quantitative estimate of drug-likeness (QED) is 0.870. The number of benzene rings is 1. The molecule has 6 heteroatoms. The van der Waals surface area contributed by atoms with Gasteiger partial charge in [-0.25, -0.2) is 0 Å². The molecular weight excluding hydrogens is 300 g/mol. The van der Waals surface area contributed by atoms with E-state index in [2.05, 4.69) is 5.32 Å². The molecule has 2 fully saturated rings. The Morgan fingerprint density at radius 1 is 1.18 bits per heavy atom. The van der Waals surface area contributed by atoms with Crippen molar-refractivity contribution in [3.63, 3.8) is 0 Å². The van der Waals surface area contributed by atoms with Crippen molar-refractivity contribution in [2.45, 2.75) is 57.8 Å². The van der Waals surface area contributed by atoms with Crippen LogP contribution in [0.2, 0.25) is 5.02 Å². The third-order valence-corrected chi connectivity index (χ3v) is 4.84. The van der Waals surface area contributed by atoms with Gasteiger partial charge in [0.15, 0.2) is 0 Å². The predicted octanol–water partition coefficient (Wildman–Crippen LogP) is 2.53. The third kappa shape index (κ3) is 3.03. The summed E-state index contributed by atoms with van der Waals surface area (Å²) in [6, 6.07) is 5.57. The summed E-state index contributed by atoms with van der Waals surface area (Å²) in [5.74, 6) is -0.0947. The van der Waals surface area contributed by atoms with Crippen LogP contribution in [-0.4, -0.2) is 30.3 Å².